The molecular weight excluding hydrogens is 331 g/mol. The molecule has 1 aromatic heterocycles. The number of halogens is 3. The van der Waals surface area contributed by atoms with E-state index in [-0.39, 0.29) is 10.8 Å². The summed E-state index contributed by atoms with van der Waals surface area (Å²) >= 11 is 0.839. The third-order valence-corrected chi connectivity index (χ3v) is 4.86. The van der Waals surface area contributed by atoms with E-state index in [2.05, 4.69) is 0 Å². The molecular formula is C15H16F3NO3S. The van der Waals surface area contributed by atoms with E-state index >= 15 is 0 Å². The molecule has 1 amide bonds. The van der Waals surface area contributed by atoms with Gasteiger partial charge in [0.1, 0.15) is 0 Å². The molecule has 1 fully saturated rings. The zero-order valence-corrected chi connectivity index (χ0v) is 13.3. The summed E-state index contributed by atoms with van der Waals surface area (Å²) in [6.45, 7) is 2.22. The number of carbonyl (C=O) groups is 3. The zero-order chi connectivity index (χ0) is 17.2. The molecule has 0 radical (unpaired) electrons. The van der Waals surface area contributed by atoms with E-state index in [4.69, 9.17) is 0 Å². The Kier molecular flexibility index (Phi) is 5.23. The standard InChI is InChI=1S/C15H16F3NO3S/c1-9(13(21)15(16,17)18)12(20)10-5-6-11(23-10)14(22)19-7-3-2-4-8-19/h5-6,9H,2-4,7-8H2,1H3. The number of alkyl halides is 3. The van der Waals surface area contributed by atoms with E-state index in [1.165, 1.54) is 12.1 Å². The van der Waals surface area contributed by atoms with Gasteiger partial charge in [0, 0.05) is 13.1 Å². The topological polar surface area (TPSA) is 54.5 Å². The highest BCUT2D eigenvalue weighted by atomic mass is 32.1. The average molecular weight is 347 g/mol. The summed E-state index contributed by atoms with van der Waals surface area (Å²) in [5, 5.41) is 0. The van der Waals surface area contributed by atoms with Crippen LogP contribution in [0.5, 0.6) is 0 Å². The number of likely N-dealkylation sites (tertiary alicyclic amines) is 1. The molecule has 2 rings (SSSR count). The molecule has 4 nitrogen and oxygen atoms in total. The molecule has 23 heavy (non-hydrogen) atoms. The minimum Gasteiger partial charge on any atom is -0.338 e. The van der Waals surface area contributed by atoms with Gasteiger partial charge in [-0.25, -0.2) is 0 Å². The van der Waals surface area contributed by atoms with Gasteiger partial charge in [-0.3, -0.25) is 14.4 Å². The average Bonchev–Trinajstić information content (AvgIpc) is 3.01. The lowest BCUT2D eigenvalue weighted by Gasteiger charge is -2.26. The highest BCUT2D eigenvalue weighted by Crippen LogP contribution is 2.27. The van der Waals surface area contributed by atoms with Crippen LogP contribution in [0.1, 0.15) is 45.5 Å². The van der Waals surface area contributed by atoms with E-state index < -0.39 is 23.7 Å². The maximum absolute atomic E-state index is 12.4. The second kappa shape index (κ2) is 6.82. The molecule has 0 saturated carbocycles. The van der Waals surface area contributed by atoms with Gasteiger partial charge in [0.05, 0.1) is 15.7 Å². The van der Waals surface area contributed by atoms with Gasteiger partial charge in [-0.15, -0.1) is 11.3 Å². The number of amides is 1. The molecule has 8 heteroatoms. The lowest BCUT2D eigenvalue weighted by molar-refractivity contribution is -0.173. The molecule has 2 heterocycles. The van der Waals surface area contributed by atoms with Crippen molar-refractivity contribution in [1.29, 1.82) is 0 Å². The summed E-state index contributed by atoms with van der Waals surface area (Å²) in [4.78, 5) is 37.4. The maximum Gasteiger partial charge on any atom is 0.450 e. The van der Waals surface area contributed by atoms with Crippen LogP contribution < -0.4 is 0 Å². The Labute approximate surface area is 135 Å². The van der Waals surface area contributed by atoms with Crippen molar-refractivity contribution >= 4 is 28.8 Å². The number of ketones is 2. The molecule has 1 saturated heterocycles. The predicted molar refractivity (Wildman–Crippen MR) is 78.6 cm³/mol. The van der Waals surface area contributed by atoms with Crippen LogP contribution in [0.3, 0.4) is 0 Å². The third kappa shape index (κ3) is 3.99. The molecule has 1 atom stereocenters. The molecule has 1 aromatic rings. The molecule has 0 N–H and O–H groups in total. The van der Waals surface area contributed by atoms with Crippen molar-refractivity contribution in [3.63, 3.8) is 0 Å². The lowest BCUT2D eigenvalue weighted by atomic mass is 10.00. The summed E-state index contributed by atoms with van der Waals surface area (Å²) in [7, 11) is 0. The van der Waals surface area contributed by atoms with Crippen LogP contribution in [-0.4, -0.2) is 41.6 Å². The highest BCUT2D eigenvalue weighted by Gasteiger charge is 2.44. The largest absolute Gasteiger partial charge is 0.450 e. The summed E-state index contributed by atoms with van der Waals surface area (Å²) in [5.41, 5.74) is 0. The van der Waals surface area contributed by atoms with Crippen LogP contribution in [0.25, 0.3) is 0 Å². The van der Waals surface area contributed by atoms with Crippen molar-refractivity contribution in [1.82, 2.24) is 4.90 Å². The Bertz CT molecular complexity index is 618. The van der Waals surface area contributed by atoms with Gasteiger partial charge in [0.25, 0.3) is 5.91 Å². The quantitative estimate of drug-likeness (QED) is 0.620. The van der Waals surface area contributed by atoms with Crippen molar-refractivity contribution in [2.45, 2.75) is 32.4 Å². The molecule has 126 valence electrons. The number of carbonyl (C=O) groups excluding carboxylic acids is 3. The van der Waals surface area contributed by atoms with Gasteiger partial charge in [-0.2, -0.15) is 13.2 Å². The van der Waals surface area contributed by atoms with Crippen molar-refractivity contribution in [2.24, 2.45) is 5.92 Å². The summed E-state index contributed by atoms with van der Waals surface area (Å²) in [6.07, 6.45) is -2.14. The highest BCUT2D eigenvalue weighted by molar-refractivity contribution is 7.16. The summed E-state index contributed by atoms with van der Waals surface area (Å²) in [6, 6.07) is 2.74. The van der Waals surface area contributed by atoms with E-state index in [0.29, 0.717) is 18.0 Å². The van der Waals surface area contributed by atoms with Gasteiger partial charge in [-0.1, -0.05) is 0 Å². The SMILES string of the molecule is CC(C(=O)c1ccc(C(=O)N2CCCCC2)s1)C(=O)C(F)(F)F. The fourth-order valence-corrected chi connectivity index (χ4v) is 3.42. The number of piperidine rings is 1. The lowest BCUT2D eigenvalue weighted by Crippen LogP contribution is -2.35. The van der Waals surface area contributed by atoms with E-state index in [1.807, 2.05) is 0 Å². The molecule has 0 aromatic carbocycles. The van der Waals surface area contributed by atoms with Gasteiger partial charge in [0.2, 0.25) is 5.78 Å². The van der Waals surface area contributed by atoms with Gasteiger partial charge >= 0.3 is 6.18 Å². The minimum absolute atomic E-state index is 0.00420. The second-order valence-corrected chi connectivity index (χ2v) is 6.55. The molecule has 0 bridgehead atoms. The molecule has 0 spiro atoms. The van der Waals surface area contributed by atoms with Crippen LogP contribution in [0.4, 0.5) is 13.2 Å². The molecule has 1 unspecified atom stereocenters. The van der Waals surface area contributed by atoms with Gasteiger partial charge < -0.3 is 4.90 Å². The van der Waals surface area contributed by atoms with Crippen molar-refractivity contribution in [3.05, 3.63) is 21.9 Å². The molecule has 1 aliphatic heterocycles. The van der Waals surface area contributed by atoms with E-state index in [9.17, 15) is 27.6 Å². The van der Waals surface area contributed by atoms with Crippen LogP contribution in [0, 0.1) is 5.92 Å². The van der Waals surface area contributed by atoms with Gasteiger partial charge in [0.15, 0.2) is 5.78 Å². The monoisotopic (exact) mass is 347 g/mol. The van der Waals surface area contributed by atoms with E-state index in [0.717, 1.165) is 37.5 Å². The Hall–Kier alpha value is -1.70. The third-order valence-electron chi connectivity index (χ3n) is 3.77. The first-order valence-corrected chi connectivity index (χ1v) is 8.08. The predicted octanol–water partition coefficient (Wildman–Crippen LogP) is 3.32. The number of thiophene rings is 1. The number of nitrogens with zero attached hydrogens (tertiary/aromatic N) is 1. The molecule has 0 aliphatic carbocycles. The number of hydrogen-bond acceptors (Lipinski definition) is 4. The first-order valence-electron chi connectivity index (χ1n) is 7.26. The minimum atomic E-state index is -5.04. The Morgan fingerprint density at radius 1 is 1.09 bits per heavy atom. The zero-order valence-electron chi connectivity index (χ0n) is 12.5. The van der Waals surface area contributed by atoms with Crippen LogP contribution in [0.15, 0.2) is 12.1 Å². The first-order chi connectivity index (χ1) is 10.7. The Morgan fingerprint density at radius 2 is 1.65 bits per heavy atom. The number of hydrogen-bond donors (Lipinski definition) is 0. The Balaban J connectivity index is 2.10. The smallest absolute Gasteiger partial charge is 0.338 e. The van der Waals surface area contributed by atoms with Crippen molar-refractivity contribution in [2.75, 3.05) is 13.1 Å². The number of Topliss-reactive ketones (excluding diaryl/α,β-unsaturated/α-hetero) is 2. The normalized spacial score (nSPS) is 17.0. The summed E-state index contributed by atoms with van der Waals surface area (Å²) < 4.78 is 37.2. The maximum atomic E-state index is 12.4. The second-order valence-electron chi connectivity index (χ2n) is 5.46. The van der Waals surface area contributed by atoms with E-state index in [1.54, 1.807) is 4.90 Å². The van der Waals surface area contributed by atoms with Crippen LogP contribution in [-0.2, 0) is 4.79 Å². The Morgan fingerprint density at radius 3 is 2.22 bits per heavy atom. The first kappa shape index (κ1) is 17.7. The number of rotatable bonds is 4. The van der Waals surface area contributed by atoms with Crippen LogP contribution >= 0.6 is 11.3 Å². The molecule has 1 aliphatic rings. The fraction of sp³-hybridized carbons (Fsp3) is 0.533. The summed E-state index contributed by atoms with van der Waals surface area (Å²) in [5.74, 6) is -5.00. The van der Waals surface area contributed by atoms with Crippen molar-refractivity contribution < 1.29 is 27.6 Å². The van der Waals surface area contributed by atoms with Gasteiger partial charge in [-0.05, 0) is 38.3 Å². The fourth-order valence-electron chi connectivity index (χ4n) is 2.42. The van der Waals surface area contributed by atoms with Crippen LogP contribution in [0.2, 0.25) is 0 Å². The van der Waals surface area contributed by atoms with Crippen molar-refractivity contribution in [3.8, 4) is 0 Å².